The van der Waals surface area contributed by atoms with Crippen molar-refractivity contribution in [3.8, 4) is 0 Å². The quantitative estimate of drug-likeness (QED) is 0.396. The van der Waals surface area contributed by atoms with Crippen LogP contribution in [0.15, 0.2) is 53.5 Å². The van der Waals surface area contributed by atoms with E-state index in [4.69, 9.17) is 0 Å². The third-order valence-electron chi connectivity index (χ3n) is 3.67. The third kappa shape index (κ3) is 3.75. The zero-order chi connectivity index (χ0) is 18.7. The van der Waals surface area contributed by atoms with Gasteiger partial charge >= 0.3 is 0 Å². The van der Waals surface area contributed by atoms with Crippen molar-refractivity contribution in [2.45, 2.75) is 13.5 Å². The minimum Gasteiger partial charge on any atom is -0.317 e. The Balaban J connectivity index is 1.92. The Morgan fingerprint density at radius 2 is 2.15 bits per heavy atom. The zero-order valence-electron chi connectivity index (χ0n) is 13.8. The van der Waals surface area contributed by atoms with Gasteiger partial charge in [-0.2, -0.15) is 4.99 Å². The van der Waals surface area contributed by atoms with Crippen LogP contribution >= 0.6 is 11.3 Å². The molecule has 3 rings (SSSR count). The van der Waals surface area contributed by atoms with Crippen molar-refractivity contribution in [3.63, 3.8) is 0 Å². The van der Waals surface area contributed by atoms with Gasteiger partial charge in [0, 0.05) is 24.8 Å². The molecule has 6 nitrogen and oxygen atoms in total. The summed E-state index contributed by atoms with van der Waals surface area (Å²) in [5, 5.41) is 10.8. The molecule has 0 aliphatic rings. The summed E-state index contributed by atoms with van der Waals surface area (Å²) in [7, 11) is 0. The fourth-order valence-corrected chi connectivity index (χ4v) is 3.60. The predicted octanol–water partition coefficient (Wildman–Crippen LogP) is 3.91. The van der Waals surface area contributed by atoms with E-state index in [9.17, 15) is 19.3 Å². The molecule has 26 heavy (non-hydrogen) atoms. The molecule has 0 saturated carbocycles. The van der Waals surface area contributed by atoms with Gasteiger partial charge in [-0.05, 0) is 36.8 Å². The molecule has 0 aliphatic heterocycles. The van der Waals surface area contributed by atoms with Crippen molar-refractivity contribution in [2.24, 2.45) is 4.99 Å². The van der Waals surface area contributed by atoms with Gasteiger partial charge in [-0.3, -0.25) is 14.9 Å². The van der Waals surface area contributed by atoms with Crippen molar-refractivity contribution < 1.29 is 14.1 Å². The highest BCUT2D eigenvalue weighted by Gasteiger charge is 2.07. The normalized spacial score (nSPS) is 12.2. The van der Waals surface area contributed by atoms with Crippen molar-refractivity contribution in [1.29, 1.82) is 0 Å². The average Bonchev–Trinajstić information content (AvgIpc) is 2.96. The number of aryl methyl sites for hydroxylation is 1. The minimum absolute atomic E-state index is 0.0492. The number of hydrogen-bond donors (Lipinski definition) is 0. The Morgan fingerprint density at radius 1 is 1.35 bits per heavy atom. The molecule has 1 heterocycles. The second-order valence-electron chi connectivity index (χ2n) is 5.38. The highest BCUT2D eigenvalue weighted by molar-refractivity contribution is 7.16. The smallest absolute Gasteiger partial charge is 0.272 e. The molecule has 0 spiro atoms. The summed E-state index contributed by atoms with van der Waals surface area (Å²) in [6.45, 7) is 2.50. The van der Waals surface area contributed by atoms with Gasteiger partial charge in [-0.25, -0.2) is 4.39 Å². The lowest BCUT2D eigenvalue weighted by Crippen LogP contribution is -2.15. The van der Waals surface area contributed by atoms with Crippen LogP contribution < -0.4 is 4.80 Å². The van der Waals surface area contributed by atoms with E-state index in [-0.39, 0.29) is 11.5 Å². The summed E-state index contributed by atoms with van der Waals surface area (Å²) in [5.41, 5.74) is 1.30. The lowest BCUT2D eigenvalue weighted by molar-refractivity contribution is -0.384. The lowest BCUT2D eigenvalue weighted by Gasteiger charge is -1.99. The molecule has 0 saturated heterocycles. The van der Waals surface area contributed by atoms with Crippen LogP contribution in [0.2, 0.25) is 0 Å². The minimum atomic E-state index is -0.496. The van der Waals surface area contributed by atoms with Gasteiger partial charge in [0.1, 0.15) is 5.82 Å². The Bertz CT molecular complexity index is 1100. The number of benzene rings is 2. The molecule has 0 atom stereocenters. The fourth-order valence-electron chi connectivity index (χ4n) is 2.48. The van der Waals surface area contributed by atoms with E-state index < -0.39 is 10.8 Å². The Kier molecular flexibility index (Phi) is 5.04. The molecular weight excluding hydrogens is 357 g/mol. The first-order valence-corrected chi connectivity index (χ1v) is 8.59. The van der Waals surface area contributed by atoms with Crippen molar-refractivity contribution in [1.82, 2.24) is 4.57 Å². The van der Waals surface area contributed by atoms with Crippen LogP contribution in [0.25, 0.3) is 16.3 Å². The van der Waals surface area contributed by atoms with Crippen LogP contribution in [0.5, 0.6) is 0 Å². The number of amides is 1. The second-order valence-corrected chi connectivity index (χ2v) is 6.39. The van der Waals surface area contributed by atoms with Crippen molar-refractivity contribution >= 4 is 39.2 Å². The van der Waals surface area contributed by atoms with Gasteiger partial charge < -0.3 is 4.57 Å². The number of nitrogens with zero attached hydrogens (tertiary/aromatic N) is 3. The van der Waals surface area contributed by atoms with E-state index in [1.807, 2.05) is 11.5 Å². The number of thiazole rings is 1. The number of nitro groups is 1. The first kappa shape index (κ1) is 17.7. The number of carbonyl (C=O) groups excluding carboxylic acids is 1. The highest BCUT2D eigenvalue weighted by Crippen LogP contribution is 2.18. The lowest BCUT2D eigenvalue weighted by atomic mass is 10.2. The van der Waals surface area contributed by atoms with E-state index in [1.54, 1.807) is 18.2 Å². The molecular formula is C18H14FN3O3S. The monoisotopic (exact) mass is 371 g/mol. The molecule has 8 heteroatoms. The summed E-state index contributed by atoms with van der Waals surface area (Å²) in [5.74, 6) is -0.837. The molecule has 2 aromatic carbocycles. The maximum Gasteiger partial charge on any atom is 0.272 e. The van der Waals surface area contributed by atoms with E-state index in [1.165, 1.54) is 47.8 Å². The topological polar surface area (TPSA) is 77.5 Å². The zero-order valence-corrected chi connectivity index (χ0v) is 14.6. The van der Waals surface area contributed by atoms with Gasteiger partial charge in [0.05, 0.1) is 15.1 Å². The Morgan fingerprint density at radius 3 is 2.88 bits per heavy atom. The number of hydrogen-bond acceptors (Lipinski definition) is 4. The molecule has 0 fully saturated rings. The molecule has 1 aromatic heterocycles. The molecule has 0 bridgehead atoms. The van der Waals surface area contributed by atoms with Crippen LogP contribution in [0.4, 0.5) is 10.1 Å². The molecule has 1 amide bonds. The summed E-state index contributed by atoms with van der Waals surface area (Å²) in [6, 6.07) is 10.4. The molecule has 3 aromatic rings. The van der Waals surface area contributed by atoms with Gasteiger partial charge in [0.15, 0.2) is 4.80 Å². The van der Waals surface area contributed by atoms with E-state index in [0.29, 0.717) is 21.6 Å². The largest absolute Gasteiger partial charge is 0.317 e. The van der Waals surface area contributed by atoms with Crippen LogP contribution in [-0.2, 0) is 11.3 Å². The number of non-ortho nitro benzene ring substituents is 1. The number of carbonyl (C=O) groups is 1. The van der Waals surface area contributed by atoms with E-state index in [2.05, 4.69) is 4.99 Å². The standard InChI is InChI=1S/C18H14FN3O3S/c1-2-21-15-8-7-13(19)11-16(15)26-18(21)20-17(23)9-6-12-4-3-5-14(10-12)22(24)25/h3-11H,2H2,1H3/b9-6+,20-18?. The number of aromatic nitrogens is 1. The SMILES string of the molecule is CCn1c(=NC(=O)/C=C/c2cccc([N+](=O)[O-])c2)sc2cc(F)ccc21. The van der Waals surface area contributed by atoms with Crippen molar-refractivity contribution in [3.05, 3.63) is 74.8 Å². The molecule has 132 valence electrons. The van der Waals surface area contributed by atoms with Crippen LogP contribution in [0.1, 0.15) is 12.5 Å². The van der Waals surface area contributed by atoms with Gasteiger partial charge in [-0.15, -0.1) is 0 Å². The Labute approximate surface area is 151 Å². The van der Waals surface area contributed by atoms with Gasteiger partial charge in [-0.1, -0.05) is 23.5 Å². The average molecular weight is 371 g/mol. The molecule has 0 radical (unpaired) electrons. The first-order valence-electron chi connectivity index (χ1n) is 7.78. The summed E-state index contributed by atoms with van der Waals surface area (Å²) in [6.07, 6.45) is 2.73. The van der Waals surface area contributed by atoms with Crippen LogP contribution in [0, 0.1) is 15.9 Å². The highest BCUT2D eigenvalue weighted by atomic mass is 32.1. The number of halogens is 1. The molecule has 0 N–H and O–H groups in total. The summed E-state index contributed by atoms with van der Waals surface area (Å²) < 4.78 is 15.9. The summed E-state index contributed by atoms with van der Waals surface area (Å²) >= 11 is 1.23. The predicted molar refractivity (Wildman–Crippen MR) is 98.1 cm³/mol. The van der Waals surface area contributed by atoms with Gasteiger partial charge in [0.2, 0.25) is 0 Å². The number of rotatable bonds is 4. The molecule has 0 aliphatic carbocycles. The number of nitro benzene ring substituents is 1. The summed E-state index contributed by atoms with van der Waals surface area (Å²) in [4.78, 5) is 27.0. The third-order valence-corrected chi connectivity index (χ3v) is 4.71. The first-order chi connectivity index (χ1) is 12.5. The van der Waals surface area contributed by atoms with Crippen LogP contribution in [-0.4, -0.2) is 15.4 Å². The maximum absolute atomic E-state index is 13.4. The van der Waals surface area contributed by atoms with Gasteiger partial charge in [0.25, 0.3) is 11.6 Å². The van der Waals surface area contributed by atoms with E-state index >= 15 is 0 Å². The number of fused-ring (bicyclic) bond motifs is 1. The second kappa shape index (κ2) is 7.40. The van der Waals surface area contributed by atoms with Crippen molar-refractivity contribution in [2.75, 3.05) is 0 Å². The molecule has 0 unspecified atom stereocenters. The maximum atomic E-state index is 13.4. The Hall–Kier alpha value is -3.13. The van der Waals surface area contributed by atoms with E-state index in [0.717, 1.165) is 5.52 Å². The van der Waals surface area contributed by atoms with Crippen LogP contribution in [0.3, 0.4) is 0 Å². The fraction of sp³-hybridized carbons (Fsp3) is 0.111.